The van der Waals surface area contributed by atoms with E-state index in [0.717, 1.165) is 0 Å². The molecule has 214 valence electrons. The summed E-state index contributed by atoms with van der Waals surface area (Å²) in [5.41, 5.74) is 0. The molecule has 0 aliphatic rings. The van der Waals surface area contributed by atoms with Crippen LogP contribution in [-0.4, -0.2) is 139 Å². The molecule has 0 aromatic rings. The molecule has 0 aromatic carbocycles. The zero-order chi connectivity index (χ0) is 28.1. The van der Waals surface area contributed by atoms with E-state index in [-0.39, 0.29) is 62.0 Å². The maximum Gasteiger partial charge on any atom is 0.306 e. The van der Waals surface area contributed by atoms with Crippen LogP contribution in [0.5, 0.6) is 0 Å². The summed E-state index contributed by atoms with van der Waals surface area (Å²) in [6, 6.07) is 0. The third-order valence-corrected chi connectivity index (χ3v) is 5.76. The second-order valence-electron chi connectivity index (χ2n) is 8.16. The van der Waals surface area contributed by atoms with Crippen molar-refractivity contribution in [3.05, 3.63) is 0 Å². The topological polar surface area (TPSA) is 141 Å². The van der Waals surface area contributed by atoms with Crippen LogP contribution < -0.4 is 0 Å². The summed E-state index contributed by atoms with van der Waals surface area (Å²) in [5, 5.41) is 0. The number of hydrogen-bond acceptors (Lipinski definition) is 13. The molecule has 0 atom stereocenters. The summed E-state index contributed by atoms with van der Waals surface area (Å²) in [6.07, 6.45) is 0.887. The Hall–Kier alpha value is -2.77. The first-order chi connectivity index (χ1) is 17.7. The molecule has 0 aliphatic heterocycles. The lowest BCUT2D eigenvalue weighted by Gasteiger charge is -2.29. The van der Waals surface area contributed by atoms with Gasteiger partial charge in [-0.15, -0.1) is 0 Å². The third-order valence-electron chi connectivity index (χ3n) is 5.76. The van der Waals surface area contributed by atoms with Crippen molar-refractivity contribution in [1.82, 2.24) is 14.7 Å². The fourth-order valence-corrected chi connectivity index (χ4v) is 3.33. The molecule has 0 aromatic heterocycles. The van der Waals surface area contributed by atoms with Crippen LogP contribution in [0.1, 0.15) is 32.1 Å². The molecule has 0 radical (unpaired) electrons. The average Bonchev–Trinajstić information content (AvgIpc) is 2.92. The fourth-order valence-electron chi connectivity index (χ4n) is 3.33. The highest BCUT2D eigenvalue weighted by Crippen LogP contribution is 2.03. The van der Waals surface area contributed by atoms with Gasteiger partial charge in [0.25, 0.3) is 0 Å². The molecule has 0 heterocycles. The highest BCUT2D eigenvalue weighted by molar-refractivity contribution is 5.71. The molecule has 0 bridgehead atoms. The normalized spacial score (nSPS) is 10.9. The van der Waals surface area contributed by atoms with Gasteiger partial charge in [0, 0.05) is 58.9 Å². The minimum atomic E-state index is -0.350. The molecule has 13 heteroatoms. The number of carbonyl (C=O) groups excluding carboxylic acids is 5. The zero-order valence-electron chi connectivity index (χ0n) is 22.8. The van der Waals surface area contributed by atoms with E-state index >= 15 is 0 Å². The lowest BCUT2D eigenvalue weighted by Crippen LogP contribution is -2.42. The smallest absolute Gasteiger partial charge is 0.306 e. The Balaban J connectivity index is 5.24. The summed E-state index contributed by atoms with van der Waals surface area (Å²) in [4.78, 5) is 64.2. The Labute approximate surface area is 219 Å². The standard InChI is InChI=1S/C24H43N3O10/c1-33-20(28)6-11-25(12-7-21(29)34-2)16-18-27(15-10-24(32)37-5)19-17-26(13-8-22(30)35-3)14-9-23(31)36-4/h6-19H2,1-5H3. The summed E-state index contributed by atoms with van der Waals surface area (Å²) in [7, 11) is 6.61. The predicted octanol–water partition coefficient (Wildman–Crippen LogP) is -0.292. The average molecular weight is 534 g/mol. The van der Waals surface area contributed by atoms with Crippen LogP contribution in [-0.2, 0) is 47.7 Å². The van der Waals surface area contributed by atoms with E-state index < -0.39 is 0 Å². The van der Waals surface area contributed by atoms with Gasteiger partial charge in [0.15, 0.2) is 0 Å². The second kappa shape index (κ2) is 21.3. The van der Waals surface area contributed by atoms with E-state index in [4.69, 9.17) is 23.7 Å². The van der Waals surface area contributed by atoms with Crippen LogP contribution >= 0.6 is 0 Å². The highest BCUT2D eigenvalue weighted by Gasteiger charge is 2.17. The Morgan fingerprint density at radius 1 is 0.351 bits per heavy atom. The van der Waals surface area contributed by atoms with E-state index in [0.29, 0.717) is 58.9 Å². The van der Waals surface area contributed by atoms with Crippen LogP contribution in [0.2, 0.25) is 0 Å². The minimum Gasteiger partial charge on any atom is -0.469 e. The molecular weight excluding hydrogens is 490 g/mol. The monoisotopic (exact) mass is 533 g/mol. The molecule has 0 N–H and O–H groups in total. The number of carbonyl (C=O) groups is 5. The maximum absolute atomic E-state index is 11.8. The number of ether oxygens (including phenoxy) is 5. The van der Waals surface area contributed by atoms with Gasteiger partial charge in [0.1, 0.15) is 0 Å². The van der Waals surface area contributed by atoms with Gasteiger partial charge in [-0.25, -0.2) is 0 Å². The summed E-state index contributed by atoms with van der Waals surface area (Å²) in [6.45, 7) is 4.17. The van der Waals surface area contributed by atoms with E-state index in [1.807, 2.05) is 9.80 Å². The second-order valence-corrected chi connectivity index (χ2v) is 8.16. The Morgan fingerprint density at radius 3 is 0.676 bits per heavy atom. The minimum absolute atomic E-state index is 0.175. The van der Waals surface area contributed by atoms with Crippen LogP contribution in [0.25, 0.3) is 0 Å². The quantitative estimate of drug-likeness (QED) is 0.141. The molecule has 0 aliphatic carbocycles. The first-order valence-electron chi connectivity index (χ1n) is 12.2. The zero-order valence-corrected chi connectivity index (χ0v) is 22.8. The van der Waals surface area contributed by atoms with Gasteiger partial charge in [-0.05, 0) is 0 Å². The number of esters is 5. The predicted molar refractivity (Wildman–Crippen MR) is 132 cm³/mol. The van der Waals surface area contributed by atoms with Crippen LogP contribution in [0.15, 0.2) is 0 Å². The molecule has 37 heavy (non-hydrogen) atoms. The van der Waals surface area contributed by atoms with Crippen molar-refractivity contribution in [2.75, 3.05) is 94.5 Å². The van der Waals surface area contributed by atoms with Crippen molar-refractivity contribution in [2.24, 2.45) is 0 Å². The molecule has 0 saturated carbocycles. The van der Waals surface area contributed by atoms with Crippen LogP contribution in [0, 0.1) is 0 Å². The van der Waals surface area contributed by atoms with Crippen LogP contribution in [0.4, 0.5) is 0 Å². The van der Waals surface area contributed by atoms with Gasteiger partial charge >= 0.3 is 29.8 Å². The lowest BCUT2D eigenvalue weighted by molar-refractivity contribution is -0.142. The molecule has 0 saturated heterocycles. The number of hydrogen-bond donors (Lipinski definition) is 0. The van der Waals surface area contributed by atoms with Crippen molar-refractivity contribution in [3.8, 4) is 0 Å². The molecule has 0 unspecified atom stereocenters. The Kier molecular flexibility index (Phi) is 19.7. The van der Waals surface area contributed by atoms with Crippen molar-refractivity contribution in [3.63, 3.8) is 0 Å². The fraction of sp³-hybridized carbons (Fsp3) is 0.792. The van der Waals surface area contributed by atoms with E-state index in [1.54, 1.807) is 0 Å². The SMILES string of the molecule is COC(=O)CCN(CCC(=O)OC)CCN(CCC(=O)OC)CCN(CCC(=O)OC)CCC(=O)OC. The van der Waals surface area contributed by atoms with Gasteiger partial charge in [0.2, 0.25) is 0 Å². The van der Waals surface area contributed by atoms with Crippen LogP contribution in [0.3, 0.4) is 0 Å². The van der Waals surface area contributed by atoms with Gasteiger partial charge in [-0.1, -0.05) is 0 Å². The third kappa shape index (κ3) is 18.2. The largest absolute Gasteiger partial charge is 0.469 e. The molecule has 0 spiro atoms. The van der Waals surface area contributed by atoms with Gasteiger partial charge in [-0.3, -0.25) is 24.0 Å². The molecule has 0 rings (SSSR count). The number of methoxy groups -OCH3 is 5. The number of nitrogens with zero attached hydrogens (tertiary/aromatic N) is 3. The van der Waals surface area contributed by atoms with E-state index in [9.17, 15) is 24.0 Å². The van der Waals surface area contributed by atoms with E-state index in [1.165, 1.54) is 35.5 Å². The van der Waals surface area contributed by atoms with E-state index in [2.05, 4.69) is 4.90 Å². The molecular formula is C24H43N3O10. The first-order valence-corrected chi connectivity index (χ1v) is 12.2. The summed E-state index contributed by atoms with van der Waals surface area (Å²) in [5.74, 6) is -1.74. The molecule has 13 nitrogen and oxygen atoms in total. The lowest BCUT2D eigenvalue weighted by atomic mass is 10.3. The molecule has 0 amide bonds. The van der Waals surface area contributed by atoms with Crippen molar-refractivity contribution in [2.45, 2.75) is 32.1 Å². The number of rotatable bonds is 21. The van der Waals surface area contributed by atoms with Gasteiger partial charge in [0.05, 0.1) is 67.7 Å². The van der Waals surface area contributed by atoms with Gasteiger partial charge in [-0.2, -0.15) is 0 Å². The summed E-state index contributed by atoms with van der Waals surface area (Å²) >= 11 is 0. The van der Waals surface area contributed by atoms with Crippen molar-refractivity contribution in [1.29, 1.82) is 0 Å². The first kappa shape index (κ1) is 34.2. The maximum atomic E-state index is 11.8. The Morgan fingerprint density at radius 2 is 0.514 bits per heavy atom. The van der Waals surface area contributed by atoms with Gasteiger partial charge < -0.3 is 38.4 Å². The Bertz CT molecular complexity index is 616. The highest BCUT2D eigenvalue weighted by atomic mass is 16.5. The van der Waals surface area contributed by atoms with Crippen molar-refractivity contribution >= 4 is 29.8 Å². The van der Waals surface area contributed by atoms with Crippen molar-refractivity contribution < 1.29 is 47.7 Å². The summed E-state index contributed by atoms with van der Waals surface area (Å²) < 4.78 is 23.7. The molecule has 0 fully saturated rings.